The number of carboxylic acids is 1. The zero-order chi connectivity index (χ0) is 33.6. The first kappa shape index (κ1) is 33.4. The van der Waals surface area contributed by atoms with E-state index in [1.54, 1.807) is 4.90 Å². The van der Waals surface area contributed by atoms with Gasteiger partial charge in [-0.05, 0) is 35.9 Å². The fourth-order valence-corrected chi connectivity index (χ4v) is 5.83. The third-order valence-electron chi connectivity index (χ3n) is 7.41. The smallest absolute Gasteiger partial charge is 0.433 e. The van der Waals surface area contributed by atoms with E-state index in [4.69, 9.17) is 4.98 Å². The van der Waals surface area contributed by atoms with Crippen molar-refractivity contribution in [3.63, 3.8) is 0 Å². The van der Waals surface area contributed by atoms with E-state index in [-0.39, 0.29) is 23.2 Å². The number of rotatable bonds is 11. The molecule has 47 heavy (non-hydrogen) atoms. The quantitative estimate of drug-likeness (QED) is 0.236. The summed E-state index contributed by atoms with van der Waals surface area (Å²) in [5.74, 6) is -0.425. The van der Waals surface area contributed by atoms with Crippen molar-refractivity contribution in [2.75, 3.05) is 60.7 Å². The van der Waals surface area contributed by atoms with Crippen LogP contribution in [0.4, 0.5) is 30.6 Å². The molecule has 1 amide bonds. The van der Waals surface area contributed by atoms with Gasteiger partial charge in [0, 0.05) is 75.3 Å². The monoisotopic (exact) mass is 666 g/mol. The molecule has 0 aliphatic carbocycles. The Kier molecular flexibility index (Phi) is 10.4. The van der Waals surface area contributed by atoms with E-state index in [9.17, 15) is 27.9 Å². The molecule has 3 heterocycles. The first-order valence-electron chi connectivity index (χ1n) is 14.7. The molecule has 246 valence electrons. The van der Waals surface area contributed by atoms with Crippen molar-refractivity contribution in [1.29, 1.82) is 0 Å². The summed E-state index contributed by atoms with van der Waals surface area (Å²) < 4.78 is 39.6. The summed E-state index contributed by atoms with van der Waals surface area (Å²) in [5.41, 5.74) is 1.62. The number of thioether (sulfide) groups is 1. The molecule has 0 spiro atoms. The Morgan fingerprint density at radius 2 is 1.64 bits per heavy atom. The number of alkyl halides is 3. The van der Waals surface area contributed by atoms with Crippen LogP contribution in [0, 0.1) is 0 Å². The number of hydrogen-bond donors (Lipinski definition) is 2. The minimum Gasteiger partial charge on any atom is -0.480 e. The average molecular weight is 667 g/mol. The second kappa shape index (κ2) is 14.7. The number of piperazine rings is 1. The van der Waals surface area contributed by atoms with E-state index in [0.29, 0.717) is 43.3 Å². The molecule has 15 heteroatoms. The van der Waals surface area contributed by atoms with Crippen molar-refractivity contribution in [3.05, 3.63) is 89.9 Å². The molecule has 1 unspecified atom stereocenters. The summed E-state index contributed by atoms with van der Waals surface area (Å²) >= 11 is 1.39. The number of halogens is 3. The number of carboxylic acid groups (broad SMARTS) is 1. The summed E-state index contributed by atoms with van der Waals surface area (Å²) in [6.45, 7) is 1.31. The molecule has 2 aromatic carbocycles. The van der Waals surface area contributed by atoms with Gasteiger partial charge in [0.15, 0.2) is 5.82 Å². The van der Waals surface area contributed by atoms with Gasteiger partial charge in [-0.15, -0.1) is 0 Å². The molecular formula is C32H33F3N8O3S. The number of aliphatic carboxylic acids is 1. The Hall–Kier alpha value is -4.92. The summed E-state index contributed by atoms with van der Waals surface area (Å²) in [4.78, 5) is 48.0. The predicted octanol–water partition coefficient (Wildman–Crippen LogP) is 4.46. The number of benzene rings is 2. The van der Waals surface area contributed by atoms with Gasteiger partial charge >= 0.3 is 12.1 Å². The second-order valence-electron chi connectivity index (χ2n) is 11.0. The van der Waals surface area contributed by atoms with Gasteiger partial charge in [-0.25, -0.2) is 24.7 Å². The number of amides is 1. The van der Waals surface area contributed by atoms with Gasteiger partial charge in [-0.1, -0.05) is 30.3 Å². The highest BCUT2D eigenvalue weighted by molar-refractivity contribution is 7.98. The number of hydrogen-bond acceptors (Lipinski definition) is 10. The summed E-state index contributed by atoms with van der Waals surface area (Å²) in [6, 6.07) is 18.2. The molecule has 2 aromatic heterocycles. The van der Waals surface area contributed by atoms with Crippen molar-refractivity contribution in [2.45, 2.75) is 18.0 Å². The van der Waals surface area contributed by atoms with Crippen LogP contribution >= 0.6 is 11.8 Å². The third-order valence-corrected chi connectivity index (χ3v) is 8.51. The summed E-state index contributed by atoms with van der Waals surface area (Å²) in [5, 5.41) is 12.5. The van der Waals surface area contributed by atoms with Crippen molar-refractivity contribution >= 4 is 41.1 Å². The summed E-state index contributed by atoms with van der Waals surface area (Å²) in [7, 11) is 3.82. The van der Waals surface area contributed by atoms with Crippen LogP contribution in [-0.4, -0.2) is 89.0 Å². The fraction of sp³-hybridized carbons (Fsp3) is 0.312. The first-order chi connectivity index (χ1) is 22.5. The largest absolute Gasteiger partial charge is 0.480 e. The first-order valence-corrected chi connectivity index (χ1v) is 15.9. The van der Waals surface area contributed by atoms with Crippen LogP contribution in [0.1, 0.15) is 21.7 Å². The third kappa shape index (κ3) is 8.67. The number of aromatic nitrogens is 4. The highest BCUT2D eigenvalue weighted by Gasteiger charge is 2.34. The highest BCUT2D eigenvalue weighted by Crippen LogP contribution is 2.29. The van der Waals surface area contributed by atoms with E-state index in [0.717, 1.165) is 23.5 Å². The normalized spacial score (nSPS) is 14.1. The zero-order valence-corrected chi connectivity index (χ0v) is 26.5. The van der Waals surface area contributed by atoms with Gasteiger partial charge in [0.1, 0.15) is 23.2 Å². The number of nitrogens with zero attached hydrogens (tertiary/aromatic N) is 7. The van der Waals surface area contributed by atoms with Crippen molar-refractivity contribution in [3.8, 4) is 11.4 Å². The molecule has 11 nitrogen and oxygen atoms in total. The van der Waals surface area contributed by atoms with E-state index < -0.39 is 29.8 Å². The molecule has 1 saturated heterocycles. The molecule has 1 atom stereocenters. The Morgan fingerprint density at radius 3 is 2.28 bits per heavy atom. The van der Waals surface area contributed by atoms with Crippen LogP contribution in [-0.2, 0) is 16.7 Å². The number of nitrogens with one attached hydrogen (secondary N) is 1. The maximum absolute atomic E-state index is 13.5. The lowest BCUT2D eigenvalue weighted by atomic mass is 10.1. The highest BCUT2D eigenvalue weighted by atomic mass is 32.2. The fourth-order valence-electron chi connectivity index (χ4n) is 4.82. The molecule has 5 rings (SSSR count). The van der Waals surface area contributed by atoms with Crippen molar-refractivity contribution < 1.29 is 27.9 Å². The van der Waals surface area contributed by atoms with Gasteiger partial charge in [-0.3, -0.25) is 4.79 Å². The van der Waals surface area contributed by atoms with Gasteiger partial charge in [0.2, 0.25) is 5.95 Å². The van der Waals surface area contributed by atoms with Crippen LogP contribution in [0.15, 0.2) is 72.9 Å². The van der Waals surface area contributed by atoms with E-state index in [1.165, 1.54) is 17.8 Å². The van der Waals surface area contributed by atoms with Crippen LogP contribution in [0.5, 0.6) is 0 Å². The maximum atomic E-state index is 13.5. The van der Waals surface area contributed by atoms with E-state index in [1.807, 2.05) is 78.5 Å². The number of carbonyl (C=O) groups is 2. The van der Waals surface area contributed by atoms with Gasteiger partial charge in [-0.2, -0.15) is 24.9 Å². The standard InChI is InChI=1S/C32H33F3N8O3S/c1-41(2)23-10-8-22(9-11-23)28-37-24(29(44)38-25(30(45)46)20-47-19-21-6-4-3-5-7-21)18-27(40-28)42-14-16-43(17-15-42)31-36-13-12-26(39-31)32(33,34)35/h3-13,18,25H,14-17,19-20H2,1-2H3,(H,38,44)(H,45,46). The van der Waals surface area contributed by atoms with Crippen LogP contribution in [0.25, 0.3) is 11.4 Å². The van der Waals surface area contributed by atoms with Gasteiger partial charge in [0.05, 0.1) is 0 Å². The Morgan fingerprint density at radius 1 is 0.957 bits per heavy atom. The van der Waals surface area contributed by atoms with Gasteiger partial charge < -0.3 is 25.1 Å². The molecule has 0 radical (unpaired) electrons. The Balaban J connectivity index is 1.36. The molecule has 4 aromatic rings. The van der Waals surface area contributed by atoms with Gasteiger partial charge in [0.25, 0.3) is 5.91 Å². The zero-order valence-electron chi connectivity index (χ0n) is 25.7. The molecule has 0 saturated carbocycles. The van der Waals surface area contributed by atoms with Crippen LogP contribution in [0.3, 0.4) is 0 Å². The lowest BCUT2D eigenvalue weighted by Gasteiger charge is -2.35. The van der Waals surface area contributed by atoms with E-state index >= 15 is 0 Å². The lowest BCUT2D eigenvalue weighted by molar-refractivity contribution is -0.141. The molecule has 1 fully saturated rings. The average Bonchev–Trinajstić information content (AvgIpc) is 3.07. The lowest BCUT2D eigenvalue weighted by Crippen LogP contribution is -2.47. The molecule has 1 aliphatic rings. The second-order valence-corrected chi connectivity index (χ2v) is 12.0. The molecule has 2 N–H and O–H groups in total. The topological polar surface area (TPSA) is 128 Å². The van der Waals surface area contributed by atoms with E-state index in [2.05, 4.69) is 20.3 Å². The van der Waals surface area contributed by atoms with Crippen LogP contribution < -0.4 is 20.0 Å². The van der Waals surface area contributed by atoms with Crippen molar-refractivity contribution in [1.82, 2.24) is 25.3 Å². The van der Waals surface area contributed by atoms with Crippen molar-refractivity contribution in [2.24, 2.45) is 0 Å². The number of anilines is 3. The Bertz CT molecular complexity index is 1690. The molecule has 0 bridgehead atoms. The number of carbonyl (C=O) groups excluding carboxylic acids is 1. The van der Waals surface area contributed by atoms with Crippen LogP contribution in [0.2, 0.25) is 0 Å². The Labute approximate surface area is 273 Å². The minimum absolute atomic E-state index is 0.00960. The maximum Gasteiger partial charge on any atom is 0.433 e. The predicted molar refractivity (Wildman–Crippen MR) is 175 cm³/mol. The molecular weight excluding hydrogens is 633 g/mol. The minimum atomic E-state index is -4.58. The summed E-state index contributed by atoms with van der Waals surface area (Å²) in [6.07, 6.45) is -3.50. The SMILES string of the molecule is CN(C)c1ccc(-c2nc(C(=O)NC(CSCc3ccccc3)C(=O)O)cc(N3CCN(c4nccc(C(F)(F)F)n4)CC3)n2)cc1. The molecule has 1 aliphatic heterocycles.